The van der Waals surface area contributed by atoms with Crippen LogP contribution in [0.4, 0.5) is 0 Å². The van der Waals surface area contributed by atoms with E-state index in [0.717, 1.165) is 65.4 Å². The van der Waals surface area contributed by atoms with Crippen molar-refractivity contribution in [3.05, 3.63) is 72.7 Å². The zero-order valence-electron chi connectivity index (χ0n) is 17.3. The number of nitrogens with one attached hydrogen (secondary N) is 2. The van der Waals surface area contributed by atoms with Crippen molar-refractivity contribution in [1.29, 1.82) is 0 Å². The zero-order chi connectivity index (χ0) is 21.5. The molecule has 5 aromatic rings. The molecule has 0 aliphatic carbocycles. The lowest BCUT2D eigenvalue weighted by molar-refractivity contribution is 0.0736. The van der Waals surface area contributed by atoms with Crippen LogP contribution in [-0.2, 0) is 0 Å². The molecule has 8 heteroatoms. The average Bonchev–Trinajstić information content (AvgIpc) is 3.51. The predicted octanol–water partition coefficient (Wildman–Crippen LogP) is 2.99. The van der Waals surface area contributed by atoms with Gasteiger partial charge in [-0.15, -0.1) is 0 Å². The van der Waals surface area contributed by atoms with Gasteiger partial charge in [0.1, 0.15) is 5.65 Å². The lowest BCUT2D eigenvalue weighted by Gasteiger charge is -2.27. The first-order valence-electron chi connectivity index (χ1n) is 10.7. The maximum absolute atomic E-state index is 12.7. The van der Waals surface area contributed by atoms with Crippen LogP contribution in [0.25, 0.3) is 39.2 Å². The number of benzene rings is 1. The second kappa shape index (κ2) is 7.58. The number of nitrogens with zero attached hydrogens (tertiary/aromatic N) is 5. The van der Waals surface area contributed by atoms with E-state index in [9.17, 15) is 4.79 Å². The fraction of sp³-hybridized carbons (Fsp3) is 0.167. The summed E-state index contributed by atoms with van der Waals surface area (Å²) in [5.41, 5.74) is 5.99. The van der Waals surface area contributed by atoms with Crippen LogP contribution >= 0.6 is 0 Å². The molecule has 5 heterocycles. The van der Waals surface area contributed by atoms with Gasteiger partial charge in [-0.05, 0) is 36.4 Å². The number of carbonyl (C=O) groups is 1. The summed E-state index contributed by atoms with van der Waals surface area (Å²) in [6, 6.07) is 15.6. The monoisotopic (exact) mass is 423 g/mol. The lowest BCUT2D eigenvalue weighted by Crippen LogP contribution is -2.46. The van der Waals surface area contributed by atoms with E-state index in [1.165, 1.54) is 0 Å². The minimum atomic E-state index is 0.0755. The number of carbonyl (C=O) groups excluding carboxylic acids is 1. The van der Waals surface area contributed by atoms with Gasteiger partial charge in [0.25, 0.3) is 5.91 Å². The maximum Gasteiger partial charge on any atom is 0.253 e. The SMILES string of the molecule is O=C(c1ccc(-c2ccc3ncc(-c4ccnc5[nH]ccc45)n3n2)cc1)N1CCNCC1. The van der Waals surface area contributed by atoms with E-state index >= 15 is 0 Å². The Bertz CT molecular complexity index is 1430. The Morgan fingerprint density at radius 2 is 1.78 bits per heavy atom. The van der Waals surface area contributed by atoms with Crippen molar-refractivity contribution in [1.82, 2.24) is 34.8 Å². The standard InChI is InChI=1S/C24H21N7O/c32-24(30-13-11-25-12-14-30)17-3-1-16(2-4-17)20-5-6-22-28-15-21(31(22)29-20)18-7-9-26-23-19(18)8-10-27-23/h1-10,15,25H,11-14H2,(H,26,27). The number of aromatic nitrogens is 5. The van der Waals surface area contributed by atoms with E-state index in [4.69, 9.17) is 5.10 Å². The van der Waals surface area contributed by atoms with Crippen molar-refractivity contribution in [2.24, 2.45) is 0 Å². The minimum absolute atomic E-state index is 0.0755. The van der Waals surface area contributed by atoms with Crippen LogP contribution in [0.5, 0.6) is 0 Å². The number of hydrogen-bond acceptors (Lipinski definition) is 5. The highest BCUT2D eigenvalue weighted by Crippen LogP contribution is 2.28. The first kappa shape index (κ1) is 18.7. The van der Waals surface area contributed by atoms with E-state index in [1.54, 1.807) is 6.20 Å². The first-order valence-corrected chi connectivity index (χ1v) is 10.7. The summed E-state index contributed by atoms with van der Waals surface area (Å²) >= 11 is 0. The van der Waals surface area contributed by atoms with Crippen LogP contribution in [-0.4, -0.2) is 61.6 Å². The summed E-state index contributed by atoms with van der Waals surface area (Å²) in [6.45, 7) is 3.17. The Balaban J connectivity index is 1.36. The number of fused-ring (bicyclic) bond motifs is 2. The van der Waals surface area contributed by atoms with Crippen LogP contribution in [0, 0.1) is 0 Å². The first-order chi connectivity index (χ1) is 15.8. The van der Waals surface area contributed by atoms with Crippen LogP contribution in [0.1, 0.15) is 10.4 Å². The number of rotatable bonds is 3. The summed E-state index contributed by atoms with van der Waals surface area (Å²) in [5.74, 6) is 0.0755. The Morgan fingerprint density at radius 1 is 0.938 bits per heavy atom. The van der Waals surface area contributed by atoms with Crippen molar-refractivity contribution in [3.63, 3.8) is 0 Å². The van der Waals surface area contributed by atoms with Crippen molar-refractivity contribution < 1.29 is 4.79 Å². The molecule has 0 unspecified atom stereocenters. The number of imidazole rings is 1. The number of pyridine rings is 1. The highest BCUT2D eigenvalue weighted by molar-refractivity contribution is 5.95. The minimum Gasteiger partial charge on any atom is -0.346 e. The fourth-order valence-corrected chi connectivity index (χ4v) is 4.23. The normalized spacial score (nSPS) is 14.3. The molecule has 0 atom stereocenters. The summed E-state index contributed by atoms with van der Waals surface area (Å²) in [7, 11) is 0. The highest BCUT2D eigenvalue weighted by Gasteiger charge is 2.18. The Kier molecular flexibility index (Phi) is 4.43. The molecule has 158 valence electrons. The van der Waals surface area contributed by atoms with E-state index in [0.29, 0.717) is 5.56 Å². The molecule has 0 saturated carbocycles. The number of piperazine rings is 1. The maximum atomic E-state index is 12.7. The van der Waals surface area contributed by atoms with Crippen molar-refractivity contribution in [3.8, 4) is 22.5 Å². The molecule has 1 fully saturated rings. The van der Waals surface area contributed by atoms with Crippen LogP contribution in [0.3, 0.4) is 0 Å². The molecule has 0 radical (unpaired) electrons. The third kappa shape index (κ3) is 3.12. The van der Waals surface area contributed by atoms with E-state index in [2.05, 4.69) is 20.3 Å². The van der Waals surface area contributed by atoms with Gasteiger partial charge in [0.05, 0.1) is 17.6 Å². The highest BCUT2D eigenvalue weighted by atomic mass is 16.2. The van der Waals surface area contributed by atoms with Crippen molar-refractivity contribution >= 4 is 22.6 Å². The van der Waals surface area contributed by atoms with Crippen LogP contribution < -0.4 is 5.32 Å². The smallest absolute Gasteiger partial charge is 0.253 e. The van der Waals surface area contributed by atoms with E-state index in [1.807, 2.05) is 70.3 Å². The van der Waals surface area contributed by atoms with Gasteiger partial charge in [0, 0.05) is 60.6 Å². The fourth-order valence-electron chi connectivity index (χ4n) is 4.23. The molecule has 1 amide bonds. The molecule has 6 rings (SSSR count). The molecule has 32 heavy (non-hydrogen) atoms. The molecule has 0 spiro atoms. The molecule has 1 saturated heterocycles. The average molecular weight is 423 g/mol. The van der Waals surface area contributed by atoms with Crippen molar-refractivity contribution in [2.75, 3.05) is 26.2 Å². The number of aromatic amines is 1. The molecular weight excluding hydrogens is 402 g/mol. The summed E-state index contributed by atoms with van der Waals surface area (Å²) in [6.07, 6.45) is 5.50. The van der Waals surface area contributed by atoms with Gasteiger partial charge < -0.3 is 15.2 Å². The van der Waals surface area contributed by atoms with Gasteiger partial charge in [-0.3, -0.25) is 4.79 Å². The number of amides is 1. The lowest BCUT2D eigenvalue weighted by atomic mass is 10.1. The third-order valence-electron chi connectivity index (χ3n) is 5.93. The zero-order valence-corrected chi connectivity index (χ0v) is 17.3. The quantitative estimate of drug-likeness (QED) is 0.466. The topological polar surface area (TPSA) is 91.2 Å². The Hall–Kier alpha value is -4.04. The third-order valence-corrected chi connectivity index (χ3v) is 5.93. The number of hydrogen-bond donors (Lipinski definition) is 2. The Morgan fingerprint density at radius 3 is 2.62 bits per heavy atom. The molecular formula is C24H21N7O. The second-order valence-corrected chi connectivity index (χ2v) is 7.85. The van der Waals surface area contributed by atoms with E-state index in [-0.39, 0.29) is 5.91 Å². The van der Waals surface area contributed by atoms with Gasteiger partial charge in [0.15, 0.2) is 5.65 Å². The summed E-state index contributed by atoms with van der Waals surface area (Å²) in [4.78, 5) is 26.7. The van der Waals surface area contributed by atoms with Crippen LogP contribution in [0.15, 0.2) is 67.1 Å². The summed E-state index contributed by atoms with van der Waals surface area (Å²) < 4.78 is 1.86. The van der Waals surface area contributed by atoms with Gasteiger partial charge >= 0.3 is 0 Å². The summed E-state index contributed by atoms with van der Waals surface area (Å²) in [5, 5.41) is 9.16. The molecule has 1 aliphatic rings. The molecule has 0 bridgehead atoms. The molecule has 8 nitrogen and oxygen atoms in total. The Labute approximate surface area is 183 Å². The number of H-pyrrole nitrogens is 1. The molecule has 1 aromatic carbocycles. The molecule has 2 N–H and O–H groups in total. The largest absolute Gasteiger partial charge is 0.346 e. The van der Waals surface area contributed by atoms with Crippen LogP contribution in [0.2, 0.25) is 0 Å². The second-order valence-electron chi connectivity index (χ2n) is 7.85. The van der Waals surface area contributed by atoms with E-state index < -0.39 is 0 Å². The molecule has 1 aliphatic heterocycles. The van der Waals surface area contributed by atoms with Gasteiger partial charge in [-0.2, -0.15) is 5.10 Å². The van der Waals surface area contributed by atoms with Crippen molar-refractivity contribution in [2.45, 2.75) is 0 Å². The van der Waals surface area contributed by atoms with Gasteiger partial charge in [-0.1, -0.05) is 12.1 Å². The predicted molar refractivity (Wildman–Crippen MR) is 122 cm³/mol. The van der Waals surface area contributed by atoms with Gasteiger partial charge in [0.2, 0.25) is 0 Å². The van der Waals surface area contributed by atoms with Gasteiger partial charge in [-0.25, -0.2) is 14.5 Å². The molecule has 4 aromatic heterocycles.